The quantitative estimate of drug-likeness (QED) is 0.508. The molecule has 1 aliphatic carbocycles. The van der Waals surface area contributed by atoms with E-state index < -0.39 is 0 Å². The van der Waals surface area contributed by atoms with E-state index in [4.69, 9.17) is 4.74 Å². The molecule has 0 radical (unpaired) electrons. The van der Waals surface area contributed by atoms with Crippen molar-refractivity contribution in [3.05, 3.63) is 65.3 Å². The van der Waals surface area contributed by atoms with E-state index >= 15 is 0 Å². The van der Waals surface area contributed by atoms with Crippen molar-refractivity contribution in [2.75, 3.05) is 17.2 Å². The lowest BCUT2D eigenvalue weighted by Crippen LogP contribution is -2.19. The lowest BCUT2D eigenvalue weighted by atomic mass is 9.90. The molecule has 8 heteroatoms. The van der Waals surface area contributed by atoms with E-state index in [0.717, 1.165) is 0 Å². The van der Waals surface area contributed by atoms with Crippen LogP contribution >= 0.6 is 11.3 Å². The van der Waals surface area contributed by atoms with Crippen LogP contribution in [0.2, 0.25) is 0 Å². The number of nitrogens with zero attached hydrogens (tertiary/aromatic N) is 2. The number of ether oxygens (including phenoxy) is 1. The highest BCUT2D eigenvalue weighted by molar-refractivity contribution is 7.14. The van der Waals surface area contributed by atoms with E-state index in [2.05, 4.69) is 20.6 Å². The van der Waals surface area contributed by atoms with Crippen molar-refractivity contribution in [2.24, 2.45) is 5.92 Å². The minimum absolute atomic E-state index is 0.0797. The lowest BCUT2D eigenvalue weighted by molar-refractivity contribution is -0.115. The number of aromatic nitrogens is 2. The summed E-state index contributed by atoms with van der Waals surface area (Å²) in [4.78, 5) is 33.4. The first-order chi connectivity index (χ1) is 15.7. The SMILES string of the molecule is O=C(Cc1csc(NC(=O)c2ccccc2)n1)Nc1ncccc1OCC1CCCCC1. The van der Waals surface area contributed by atoms with E-state index in [1.165, 1.54) is 43.4 Å². The number of rotatable bonds is 8. The second kappa shape index (κ2) is 10.9. The fraction of sp³-hybridized carbons (Fsp3) is 0.333. The van der Waals surface area contributed by atoms with Gasteiger partial charge in [-0.1, -0.05) is 37.5 Å². The van der Waals surface area contributed by atoms with E-state index in [-0.39, 0.29) is 18.2 Å². The van der Waals surface area contributed by atoms with Gasteiger partial charge in [0.2, 0.25) is 5.91 Å². The molecule has 0 saturated heterocycles. The van der Waals surface area contributed by atoms with Gasteiger partial charge in [0.15, 0.2) is 16.7 Å². The molecule has 166 valence electrons. The summed E-state index contributed by atoms with van der Waals surface area (Å²) in [6, 6.07) is 12.6. The summed E-state index contributed by atoms with van der Waals surface area (Å²) in [7, 11) is 0. The van der Waals surface area contributed by atoms with Gasteiger partial charge in [0.1, 0.15) is 0 Å². The highest BCUT2D eigenvalue weighted by Gasteiger charge is 2.17. The van der Waals surface area contributed by atoms with Crippen molar-refractivity contribution in [1.29, 1.82) is 0 Å². The first-order valence-electron chi connectivity index (χ1n) is 10.9. The van der Waals surface area contributed by atoms with E-state index in [1.807, 2.05) is 12.1 Å². The molecule has 32 heavy (non-hydrogen) atoms. The highest BCUT2D eigenvalue weighted by Crippen LogP contribution is 2.27. The number of nitrogens with one attached hydrogen (secondary N) is 2. The third-order valence-electron chi connectivity index (χ3n) is 5.38. The van der Waals surface area contributed by atoms with Gasteiger partial charge in [-0.05, 0) is 43.0 Å². The molecule has 0 atom stereocenters. The maximum Gasteiger partial charge on any atom is 0.257 e. The van der Waals surface area contributed by atoms with Crippen LogP contribution in [0.15, 0.2) is 54.0 Å². The normalized spacial score (nSPS) is 14.0. The van der Waals surface area contributed by atoms with Gasteiger partial charge in [0, 0.05) is 17.1 Å². The molecule has 1 aliphatic rings. The first-order valence-corrected chi connectivity index (χ1v) is 11.7. The Bertz CT molecular complexity index is 1050. The number of amides is 2. The first kappa shape index (κ1) is 22.0. The molecule has 2 aromatic heterocycles. The number of thiazole rings is 1. The van der Waals surface area contributed by atoms with Gasteiger partial charge in [-0.15, -0.1) is 11.3 Å². The maximum atomic E-state index is 12.6. The summed E-state index contributed by atoms with van der Waals surface area (Å²) >= 11 is 1.28. The largest absolute Gasteiger partial charge is 0.489 e. The number of hydrogen-bond acceptors (Lipinski definition) is 6. The topological polar surface area (TPSA) is 93.2 Å². The van der Waals surface area contributed by atoms with Crippen LogP contribution in [0.1, 0.15) is 48.2 Å². The summed E-state index contributed by atoms with van der Waals surface area (Å²) in [5.41, 5.74) is 1.13. The number of carbonyl (C=O) groups is 2. The van der Waals surface area contributed by atoms with Gasteiger partial charge in [0.25, 0.3) is 5.91 Å². The molecule has 2 amide bonds. The molecule has 4 rings (SSSR count). The van der Waals surface area contributed by atoms with Crippen LogP contribution in [0, 0.1) is 5.92 Å². The van der Waals surface area contributed by atoms with Gasteiger partial charge < -0.3 is 10.1 Å². The molecule has 0 spiro atoms. The van der Waals surface area contributed by atoms with Crippen LogP contribution in [0.4, 0.5) is 10.9 Å². The minimum atomic E-state index is -0.238. The van der Waals surface area contributed by atoms with Gasteiger partial charge in [0.05, 0.1) is 18.7 Å². The third-order valence-corrected chi connectivity index (χ3v) is 6.18. The van der Waals surface area contributed by atoms with Crippen LogP contribution in [0.25, 0.3) is 0 Å². The zero-order valence-corrected chi connectivity index (χ0v) is 18.6. The van der Waals surface area contributed by atoms with Crippen molar-refractivity contribution < 1.29 is 14.3 Å². The molecule has 2 heterocycles. The van der Waals surface area contributed by atoms with Crippen LogP contribution in [-0.2, 0) is 11.2 Å². The van der Waals surface area contributed by atoms with Gasteiger partial charge >= 0.3 is 0 Å². The van der Waals surface area contributed by atoms with Crippen molar-refractivity contribution in [3.8, 4) is 5.75 Å². The average molecular weight is 451 g/mol. The van der Waals surface area contributed by atoms with Crippen LogP contribution in [0.5, 0.6) is 5.75 Å². The zero-order chi connectivity index (χ0) is 22.2. The fourth-order valence-electron chi connectivity index (χ4n) is 3.71. The lowest BCUT2D eigenvalue weighted by Gasteiger charge is -2.22. The van der Waals surface area contributed by atoms with Crippen LogP contribution in [-0.4, -0.2) is 28.4 Å². The Balaban J connectivity index is 1.31. The minimum Gasteiger partial charge on any atom is -0.489 e. The van der Waals surface area contributed by atoms with Gasteiger partial charge in [-0.2, -0.15) is 0 Å². The Morgan fingerprint density at radius 2 is 1.84 bits per heavy atom. The average Bonchev–Trinajstić information content (AvgIpc) is 3.26. The Morgan fingerprint density at radius 1 is 1.03 bits per heavy atom. The van der Waals surface area contributed by atoms with Crippen molar-refractivity contribution >= 4 is 34.1 Å². The molecule has 0 aliphatic heterocycles. The molecule has 3 aromatic rings. The second-order valence-electron chi connectivity index (χ2n) is 7.85. The molecule has 0 unspecified atom stereocenters. The Kier molecular flexibility index (Phi) is 7.45. The molecule has 2 N–H and O–H groups in total. The Hall–Kier alpha value is -3.26. The van der Waals surface area contributed by atoms with E-state index in [9.17, 15) is 9.59 Å². The summed E-state index contributed by atoms with van der Waals surface area (Å²) in [6.45, 7) is 0.644. The number of benzene rings is 1. The van der Waals surface area contributed by atoms with Crippen LogP contribution in [0.3, 0.4) is 0 Å². The summed E-state index contributed by atoms with van der Waals surface area (Å²) in [5.74, 6) is 1.09. The molecule has 1 fully saturated rings. The summed E-state index contributed by atoms with van der Waals surface area (Å²) in [5, 5.41) is 7.81. The standard InChI is InChI=1S/C24H26N4O3S/c29-21(14-19-16-32-24(26-19)28-23(30)18-10-5-2-6-11-18)27-22-20(12-7-13-25-22)31-15-17-8-3-1-4-9-17/h2,5-7,10-13,16-17H,1,3-4,8-9,14-15H2,(H,25,27,29)(H,26,28,30). The zero-order valence-electron chi connectivity index (χ0n) is 17.8. The summed E-state index contributed by atoms with van der Waals surface area (Å²) < 4.78 is 5.98. The molecule has 0 bridgehead atoms. The van der Waals surface area contributed by atoms with E-state index in [1.54, 1.807) is 41.9 Å². The fourth-order valence-corrected chi connectivity index (χ4v) is 4.41. The Morgan fingerprint density at radius 3 is 2.66 bits per heavy atom. The van der Waals surface area contributed by atoms with Crippen LogP contribution < -0.4 is 15.4 Å². The number of carbonyl (C=O) groups excluding carboxylic acids is 2. The molecule has 7 nitrogen and oxygen atoms in total. The Labute approximate surface area is 191 Å². The third kappa shape index (κ3) is 6.13. The van der Waals surface area contributed by atoms with Gasteiger partial charge in [-0.25, -0.2) is 9.97 Å². The molecule has 1 saturated carbocycles. The number of pyridine rings is 1. The summed E-state index contributed by atoms with van der Waals surface area (Å²) in [6.07, 6.45) is 7.90. The van der Waals surface area contributed by atoms with E-state index in [0.29, 0.717) is 40.5 Å². The van der Waals surface area contributed by atoms with Crippen molar-refractivity contribution in [3.63, 3.8) is 0 Å². The maximum absolute atomic E-state index is 12.6. The molecule has 1 aromatic carbocycles. The number of hydrogen-bond donors (Lipinski definition) is 2. The highest BCUT2D eigenvalue weighted by atomic mass is 32.1. The van der Waals surface area contributed by atoms with Gasteiger partial charge in [-0.3, -0.25) is 14.9 Å². The number of anilines is 2. The second-order valence-corrected chi connectivity index (χ2v) is 8.71. The predicted octanol–water partition coefficient (Wildman–Crippen LogP) is 4.93. The predicted molar refractivity (Wildman–Crippen MR) is 125 cm³/mol. The molecular formula is C24H26N4O3S. The monoisotopic (exact) mass is 450 g/mol. The smallest absolute Gasteiger partial charge is 0.257 e. The van der Waals surface area contributed by atoms with Crippen molar-refractivity contribution in [2.45, 2.75) is 38.5 Å². The van der Waals surface area contributed by atoms with Crippen molar-refractivity contribution in [1.82, 2.24) is 9.97 Å². The molecular weight excluding hydrogens is 424 g/mol.